The Hall–Kier alpha value is -3.18. The monoisotopic (exact) mass is 619 g/mol. The first-order valence-electron chi connectivity index (χ1n) is 16.5. The maximum Gasteiger partial charge on any atom is 0.225 e. The van der Waals surface area contributed by atoms with Gasteiger partial charge in [0, 0.05) is 80.4 Å². The predicted molar refractivity (Wildman–Crippen MR) is 174 cm³/mol. The fourth-order valence-corrected chi connectivity index (χ4v) is 9.05. The maximum absolute atomic E-state index is 13.4. The Morgan fingerprint density at radius 2 is 1.73 bits per heavy atom. The van der Waals surface area contributed by atoms with Gasteiger partial charge in [-0.05, 0) is 82.2 Å². The molecule has 1 aliphatic carbocycles. The highest BCUT2D eigenvalue weighted by molar-refractivity contribution is 7.91. The molecule has 4 fully saturated rings. The lowest BCUT2D eigenvalue weighted by molar-refractivity contribution is -0.140. The van der Waals surface area contributed by atoms with E-state index in [1.165, 1.54) is 32.1 Å². The number of hydrogen-bond donors (Lipinski definition) is 1. The molecule has 1 atom stereocenters. The van der Waals surface area contributed by atoms with E-state index in [1.54, 1.807) is 6.20 Å². The molecule has 0 bridgehead atoms. The van der Waals surface area contributed by atoms with Crippen LogP contribution >= 0.6 is 0 Å². The lowest BCUT2D eigenvalue weighted by Crippen LogP contribution is -2.57. The van der Waals surface area contributed by atoms with E-state index < -0.39 is 9.84 Å². The Morgan fingerprint density at radius 3 is 2.52 bits per heavy atom. The molecule has 7 rings (SSSR count). The van der Waals surface area contributed by atoms with E-state index in [0.717, 1.165) is 80.8 Å². The summed E-state index contributed by atoms with van der Waals surface area (Å²) in [5.41, 5.74) is 2.19. The van der Waals surface area contributed by atoms with Crippen molar-refractivity contribution < 1.29 is 13.2 Å². The number of rotatable bonds is 6. The van der Waals surface area contributed by atoms with Crippen LogP contribution in [0.3, 0.4) is 0 Å². The van der Waals surface area contributed by atoms with E-state index >= 15 is 0 Å². The van der Waals surface area contributed by atoms with Crippen molar-refractivity contribution in [3.8, 4) is 5.82 Å². The number of nitrogens with zero attached hydrogens (tertiary/aromatic N) is 6. The Balaban J connectivity index is 0.978. The third kappa shape index (κ3) is 6.05. The summed E-state index contributed by atoms with van der Waals surface area (Å²) in [6.45, 7) is 5.48. The summed E-state index contributed by atoms with van der Waals surface area (Å²) in [7, 11) is -3.01. The highest BCUT2D eigenvalue weighted by Gasteiger charge is 2.35. The fraction of sp³-hybridized carbons (Fsp3) is 0.606. The summed E-state index contributed by atoms with van der Waals surface area (Å²) < 4.78 is 26.2. The van der Waals surface area contributed by atoms with E-state index in [2.05, 4.69) is 53.8 Å². The van der Waals surface area contributed by atoms with Crippen LogP contribution in [0.2, 0.25) is 0 Å². The van der Waals surface area contributed by atoms with Crippen molar-refractivity contribution in [2.75, 3.05) is 55.7 Å². The van der Waals surface area contributed by atoms with Gasteiger partial charge >= 0.3 is 0 Å². The van der Waals surface area contributed by atoms with Crippen LogP contribution in [0.15, 0.2) is 42.7 Å². The summed E-state index contributed by atoms with van der Waals surface area (Å²) in [4.78, 5) is 29.9. The molecule has 0 radical (unpaired) electrons. The molecule has 1 aromatic carbocycles. The number of nitrogens with one attached hydrogen (secondary N) is 1. The molecule has 4 aliphatic rings. The number of piperazine rings is 1. The zero-order chi connectivity index (χ0) is 30.3. The van der Waals surface area contributed by atoms with Crippen LogP contribution in [-0.4, -0.2) is 102 Å². The normalized spacial score (nSPS) is 25.6. The number of benzene rings is 1. The van der Waals surface area contributed by atoms with Crippen molar-refractivity contribution in [2.24, 2.45) is 5.92 Å². The first-order valence-corrected chi connectivity index (χ1v) is 18.5. The number of piperidine rings is 2. The van der Waals surface area contributed by atoms with E-state index in [0.29, 0.717) is 30.7 Å². The van der Waals surface area contributed by atoms with Crippen molar-refractivity contribution in [1.29, 1.82) is 0 Å². The third-order valence-corrected chi connectivity index (χ3v) is 12.2. The quantitative estimate of drug-likeness (QED) is 0.440. The van der Waals surface area contributed by atoms with Gasteiger partial charge in [0.25, 0.3) is 0 Å². The number of carbonyl (C=O) groups is 1. The highest BCUT2D eigenvalue weighted by atomic mass is 32.2. The van der Waals surface area contributed by atoms with E-state index in [-0.39, 0.29) is 17.2 Å². The Bertz CT molecular complexity index is 1590. The van der Waals surface area contributed by atoms with Crippen molar-refractivity contribution in [3.63, 3.8) is 0 Å². The molecule has 236 valence electrons. The molecule has 10 nitrogen and oxygen atoms in total. The smallest absolute Gasteiger partial charge is 0.225 e. The molecule has 1 unspecified atom stereocenters. The fourth-order valence-electron chi connectivity index (χ4n) is 7.99. The lowest BCUT2D eigenvalue weighted by atomic mass is 9.84. The summed E-state index contributed by atoms with van der Waals surface area (Å²) in [6, 6.07) is 11.2. The summed E-state index contributed by atoms with van der Waals surface area (Å²) in [6.07, 6.45) is 14.0. The molecule has 5 heterocycles. The molecular formula is C33H45N7O3S. The number of sulfone groups is 1. The number of carbonyl (C=O) groups excluding carboxylic acids is 1. The van der Waals surface area contributed by atoms with Crippen molar-refractivity contribution in [1.82, 2.24) is 24.3 Å². The van der Waals surface area contributed by atoms with Gasteiger partial charge in [0.1, 0.15) is 15.7 Å². The largest absolute Gasteiger partial charge is 0.371 e. The molecule has 11 heteroatoms. The van der Waals surface area contributed by atoms with Gasteiger partial charge in [0.15, 0.2) is 0 Å². The van der Waals surface area contributed by atoms with Crippen LogP contribution in [-0.2, 0) is 14.6 Å². The number of aromatic nitrogens is 3. The summed E-state index contributed by atoms with van der Waals surface area (Å²) in [5.74, 6) is 1.92. The average molecular weight is 620 g/mol. The molecule has 1 saturated carbocycles. The van der Waals surface area contributed by atoms with Crippen molar-refractivity contribution in [3.05, 3.63) is 42.7 Å². The minimum absolute atomic E-state index is 0.132. The summed E-state index contributed by atoms with van der Waals surface area (Å²) >= 11 is 0. The van der Waals surface area contributed by atoms with Crippen LogP contribution in [0.4, 0.5) is 11.6 Å². The first kappa shape index (κ1) is 29.5. The van der Waals surface area contributed by atoms with Gasteiger partial charge in [-0.1, -0.05) is 12.5 Å². The van der Waals surface area contributed by atoms with Gasteiger partial charge in [0.2, 0.25) is 11.9 Å². The first-order chi connectivity index (χ1) is 21.3. The summed E-state index contributed by atoms with van der Waals surface area (Å²) in [5, 5.41) is 4.45. The molecule has 1 amide bonds. The molecular weight excluding hydrogens is 574 g/mol. The van der Waals surface area contributed by atoms with Gasteiger partial charge in [-0.3, -0.25) is 9.69 Å². The van der Waals surface area contributed by atoms with E-state index in [9.17, 15) is 13.2 Å². The van der Waals surface area contributed by atoms with Gasteiger partial charge < -0.3 is 19.7 Å². The average Bonchev–Trinajstić information content (AvgIpc) is 3.49. The molecule has 3 saturated heterocycles. The van der Waals surface area contributed by atoms with Crippen molar-refractivity contribution in [2.45, 2.75) is 75.1 Å². The van der Waals surface area contributed by atoms with Gasteiger partial charge in [-0.15, -0.1) is 0 Å². The number of fused-ring (bicyclic) bond motifs is 2. The minimum Gasteiger partial charge on any atom is -0.371 e. The third-order valence-electron chi connectivity index (χ3n) is 10.5. The highest BCUT2D eigenvalue weighted by Crippen LogP contribution is 2.33. The van der Waals surface area contributed by atoms with Crippen LogP contribution in [0.25, 0.3) is 16.7 Å². The van der Waals surface area contributed by atoms with Crippen LogP contribution < -0.4 is 10.2 Å². The number of anilines is 2. The zero-order valence-electron chi connectivity index (χ0n) is 25.8. The van der Waals surface area contributed by atoms with Gasteiger partial charge in [-0.25, -0.2) is 13.4 Å². The Kier molecular flexibility index (Phi) is 8.26. The molecule has 44 heavy (non-hydrogen) atoms. The molecule has 3 aromatic rings. The number of hydrogen-bond acceptors (Lipinski definition) is 8. The second-order valence-corrected chi connectivity index (χ2v) is 15.6. The van der Waals surface area contributed by atoms with Crippen molar-refractivity contribution >= 4 is 38.3 Å². The van der Waals surface area contributed by atoms with Gasteiger partial charge in [0.05, 0.1) is 10.8 Å². The lowest BCUT2D eigenvalue weighted by Gasteiger charge is -2.45. The maximum atomic E-state index is 13.4. The Labute approximate surface area is 260 Å². The zero-order valence-corrected chi connectivity index (χ0v) is 26.6. The van der Waals surface area contributed by atoms with E-state index in [1.807, 2.05) is 12.3 Å². The molecule has 1 N–H and O–H groups in total. The number of amides is 1. The molecule has 2 aromatic heterocycles. The standard InChI is InChI=1S/C33H45N7O3S/c1-44(42,43)27-13-18-38(19-14-27)29-6-4-7-30-28(29)15-20-40(30)31-12-16-34-33(36-31)35-25-10-8-24(9-11-25)32(41)39-22-21-37-17-3-2-5-26(37)23-39/h4,6-7,12,15-16,20,24-27H,2-3,5,8-11,13-14,17-19,21-23H2,1H3,(H,34,35,36)/t24-,25-,26?. The second-order valence-electron chi connectivity index (χ2n) is 13.3. The topological polar surface area (TPSA) is 104 Å². The molecule has 0 spiro atoms. The Morgan fingerprint density at radius 1 is 0.909 bits per heavy atom. The SMILES string of the molecule is CS(=O)(=O)C1CCN(c2cccc3c2ccn3-c2ccnc(N[C@H]3CC[C@H](C(=O)N4CCN5CCCCC5C4)CC3)n2)CC1. The molecule has 3 aliphatic heterocycles. The van der Waals surface area contributed by atoms with E-state index in [4.69, 9.17) is 4.98 Å². The predicted octanol–water partition coefficient (Wildman–Crippen LogP) is 4.10. The minimum atomic E-state index is -3.01. The van der Waals surface area contributed by atoms with Crippen LogP contribution in [0, 0.1) is 5.92 Å². The second kappa shape index (κ2) is 12.3. The van der Waals surface area contributed by atoms with Crippen LogP contribution in [0.5, 0.6) is 0 Å². The van der Waals surface area contributed by atoms with Crippen LogP contribution in [0.1, 0.15) is 57.8 Å². The van der Waals surface area contributed by atoms with Gasteiger partial charge in [-0.2, -0.15) is 4.98 Å².